The average molecular weight is 315 g/mol. The zero-order chi connectivity index (χ0) is 15.6. The molecule has 2 amide bonds. The number of hydrogen-bond acceptors (Lipinski definition) is 5. The largest absolute Gasteiger partial charge is 0.296 e. The molecule has 21 heavy (non-hydrogen) atoms. The van der Waals surface area contributed by atoms with E-state index >= 15 is 0 Å². The van der Waals surface area contributed by atoms with E-state index in [-0.39, 0.29) is 23.7 Å². The number of amides is 2. The van der Waals surface area contributed by atoms with E-state index in [2.05, 4.69) is 5.32 Å². The molecule has 0 radical (unpaired) electrons. The van der Waals surface area contributed by atoms with Gasteiger partial charge in [-0.3, -0.25) is 19.1 Å². The molecule has 0 aromatic rings. The first-order valence-corrected chi connectivity index (χ1v) is 8.92. The summed E-state index contributed by atoms with van der Waals surface area (Å²) in [7, 11) is -3.52. The van der Waals surface area contributed by atoms with Crippen LogP contribution in [0.4, 0.5) is 0 Å². The molecule has 0 spiro atoms. The van der Waals surface area contributed by atoms with Crippen molar-refractivity contribution >= 4 is 21.9 Å². The van der Waals surface area contributed by atoms with Gasteiger partial charge in [0, 0.05) is 11.3 Å². The second-order valence-electron chi connectivity index (χ2n) is 7.07. The van der Waals surface area contributed by atoms with Crippen LogP contribution >= 0.6 is 0 Å². The summed E-state index contributed by atoms with van der Waals surface area (Å²) in [5.74, 6) is -1.27. The molecule has 3 rings (SSSR count). The quantitative estimate of drug-likeness (QED) is 0.779. The molecule has 2 aliphatic carbocycles. The van der Waals surface area contributed by atoms with E-state index in [0.29, 0.717) is 19.3 Å². The summed E-state index contributed by atoms with van der Waals surface area (Å²) in [6, 6.07) is 0. The van der Waals surface area contributed by atoms with Crippen molar-refractivity contribution in [3.05, 3.63) is 0 Å². The van der Waals surface area contributed by atoms with E-state index in [4.69, 9.17) is 4.18 Å². The topological polar surface area (TPSA) is 89.5 Å². The minimum Gasteiger partial charge on any atom is -0.296 e. The number of rotatable bonds is 3. The summed E-state index contributed by atoms with van der Waals surface area (Å²) in [6.07, 6.45) is 1.24. The van der Waals surface area contributed by atoms with Crippen LogP contribution in [0.1, 0.15) is 40.0 Å². The molecule has 5 unspecified atom stereocenters. The van der Waals surface area contributed by atoms with E-state index in [1.807, 2.05) is 6.92 Å². The number of nitrogens with one attached hydrogen (secondary N) is 1. The van der Waals surface area contributed by atoms with Crippen LogP contribution in [0.25, 0.3) is 0 Å². The van der Waals surface area contributed by atoms with Crippen molar-refractivity contribution in [2.75, 3.05) is 0 Å². The van der Waals surface area contributed by atoms with Crippen molar-refractivity contribution in [2.24, 2.45) is 23.2 Å². The molecule has 0 aromatic carbocycles. The Kier molecular flexibility index (Phi) is 3.22. The smallest absolute Gasteiger partial charge is 0.270 e. The van der Waals surface area contributed by atoms with Crippen LogP contribution in [0, 0.1) is 23.2 Å². The highest BCUT2D eigenvalue weighted by molar-refractivity contribution is 7.87. The SMILES string of the molecule is CCC(C)(C)C(=O)NC(=O)C1C2CC3C1OS(=O)(=O)C3C2. The molecule has 2 saturated carbocycles. The van der Waals surface area contributed by atoms with Gasteiger partial charge >= 0.3 is 0 Å². The Morgan fingerprint density at radius 2 is 1.95 bits per heavy atom. The van der Waals surface area contributed by atoms with Gasteiger partial charge in [-0.25, -0.2) is 0 Å². The lowest BCUT2D eigenvalue weighted by Crippen LogP contribution is -2.47. The van der Waals surface area contributed by atoms with Crippen molar-refractivity contribution in [3.8, 4) is 0 Å². The van der Waals surface area contributed by atoms with Crippen LogP contribution < -0.4 is 5.32 Å². The highest BCUT2D eigenvalue weighted by Crippen LogP contribution is 2.57. The predicted molar refractivity (Wildman–Crippen MR) is 74.5 cm³/mol. The van der Waals surface area contributed by atoms with E-state index in [1.54, 1.807) is 13.8 Å². The van der Waals surface area contributed by atoms with Crippen LogP contribution in [0.5, 0.6) is 0 Å². The maximum Gasteiger partial charge on any atom is 0.270 e. The minimum atomic E-state index is -3.52. The van der Waals surface area contributed by atoms with E-state index in [1.165, 1.54) is 0 Å². The lowest BCUT2D eigenvalue weighted by atomic mass is 9.84. The summed E-state index contributed by atoms with van der Waals surface area (Å²) in [4.78, 5) is 24.5. The summed E-state index contributed by atoms with van der Waals surface area (Å²) in [6.45, 7) is 5.45. The predicted octanol–water partition coefficient (Wildman–Crippen LogP) is 0.819. The molecule has 5 atom stereocenters. The van der Waals surface area contributed by atoms with Crippen LogP contribution in [0.15, 0.2) is 0 Å². The fourth-order valence-corrected chi connectivity index (χ4v) is 5.71. The normalized spacial score (nSPS) is 39.5. The van der Waals surface area contributed by atoms with Gasteiger partial charge in [-0.05, 0) is 25.2 Å². The van der Waals surface area contributed by atoms with E-state index in [0.717, 1.165) is 0 Å². The lowest BCUT2D eigenvalue weighted by molar-refractivity contribution is -0.139. The van der Waals surface area contributed by atoms with Crippen molar-refractivity contribution < 1.29 is 22.2 Å². The molecule has 1 heterocycles. The molecule has 7 heteroatoms. The van der Waals surface area contributed by atoms with Gasteiger partial charge in [0.05, 0.1) is 17.3 Å². The Morgan fingerprint density at radius 3 is 2.57 bits per heavy atom. The monoisotopic (exact) mass is 315 g/mol. The third-order valence-corrected chi connectivity index (χ3v) is 7.30. The zero-order valence-corrected chi connectivity index (χ0v) is 13.3. The molecular formula is C14H21NO5S. The molecule has 2 bridgehead atoms. The van der Waals surface area contributed by atoms with Gasteiger partial charge in [-0.2, -0.15) is 8.42 Å². The molecule has 3 fully saturated rings. The fraction of sp³-hybridized carbons (Fsp3) is 0.857. The first-order valence-electron chi connectivity index (χ1n) is 7.45. The first-order chi connectivity index (χ1) is 9.67. The number of carbonyl (C=O) groups excluding carboxylic acids is 2. The Labute approximate surface area is 124 Å². The van der Waals surface area contributed by atoms with Gasteiger partial charge in [-0.1, -0.05) is 20.8 Å². The molecule has 1 aliphatic heterocycles. The standard InChI is InChI=1S/C14H21NO5S/c1-4-14(2,3)13(17)15-12(16)10-7-5-8-9(6-7)21(18,19)20-11(8)10/h7-11H,4-6H2,1-3H3,(H,15,16,17). The van der Waals surface area contributed by atoms with Crippen molar-refractivity contribution in [1.29, 1.82) is 0 Å². The number of carbonyl (C=O) groups is 2. The molecule has 118 valence electrons. The molecule has 1 saturated heterocycles. The van der Waals surface area contributed by atoms with Crippen molar-refractivity contribution in [3.63, 3.8) is 0 Å². The maximum atomic E-state index is 12.4. The number of fused-ring (bicyclic) bond motifs is 1. The highest BCUT2D eigenvalue weighted by Gasteiger charge is 2.65. The van der Waals surface area contributed by atoms with E-state index < -0.39 is 32.8 Å². The molecular weight excluding hydrogens is 294 g/mol. The third-order valence-electron chi connectivity index (χ3n) is 5.53. The summed E-state index contributed by atoms with van der Waals surface area (Å²) in [5, 5.41) is 2.01. The Bertz CT molecular complexity index is 596. The molecule has 6 nitrogen and oxygen atoms in total. The summed E-state index contributed by atoms with van der Waals surface area (Å²) in [5.41, 5.74) is -0.613. The minimum absolute atomic E-state index is 0.0137. The maximum absolute atomic E-state index is 12.4. The first kappa shape index (κ1) is 15.0. The summed E-state index contributed by atoms with van der Waals surface area (Å²) < 4.78 is 28.9. The van der Waals surface area contributed by atoms with Gasteiger partial charge < -0.3 is 0 Å². The Hall–Kier alpha value is -0.950. The van der Waals surface area contributed by atoms with Gasteiger partial charge in [0.2, 0.25) is 11.8 Å². The Morgan fingerprint density at radius 1 is 1.29 bits per heavy atom. The molecule has 3 aliphatic rings. The van der Waals surface area contributed by atoms with Gasteiger partial charge in [0.25, 0.3) is 10.1 Å². The number of imide groups is 1. The summed E-state index contributed by atoms with van der Waals surface area (Å²) >= 11 is 0. The van der Waals surface area contributed by atoms with E-state index in [9.17, 15) is 18.0 Å². The number of hydrogen-bond donors (Lipinski definition) is 1. The average Bonchev–Trinajstić information content (AvgIpc) is 2.99. The van der Waals surface area contributed by atoms with Crippen molar-refractivity contribution in [1.82, 2.24) is 5.32 Å². The second kappa shape index (κ2) is 4.52. The fourth-order valence-electron chi connectivity index (χ4n) is 3.82. The van der Waals surface area contributed by atoms with Crippen LogP contribution in [-0.4, -0.2) is 31.6 Å². The highest BCUT2D eigenvalue weighted by atomic mass is 32.2. The van der Waals surface area contributed by atoms with Crippen LogP contribution in [-0.2, 0) is 23.9 Å². The van der Waals surface area contributed by atoms with Crippen LogP contribution in [0.3, 0.4) is 0 Å². The van der Waals surface area contributed by atoms with Crippen LogP contribution in [0.2, 0.25) is 0 Å². The molecule has 0 aromatic heterocycles. The molecule has 1 N–H and O–H groups in total. The zero-order valence-electron chi connectivity index (χ0n) is 12.5. The lowest BCUT2D eigenvalue weighted by Gasteiger charge is -2.26. The van der Waals surface area contributed by atoms with Gasteiger partial charge in [0.15, 0.2) is 0 Å². The van der Waals surface area contributed by atoms with Gasteiger partial charge in [0.1, 0.15) is 0 Å². The van der Waals surface area contributed by atoms with Gasteiger partial charge in [-0.15, -0.1) is 0 Å². The second-order valence-corrected chi connectivity index (χ2v) is 8.85. The third kappa shape index (κ3) is 2.12. The Balaban J connectivity index is 1.75. The van der Waals surface area contributed by atoms with Crippen molar-refractivity contribution in [2.45, 2.75) is 51.4 Å².